The lowest BCUT2D eigenvalue weighted by atomic mass is 9.99. The van der Waals surface area contributed by atoms with Crippen LogP contribution in [0.2, 0.25) is 0 Å². The molecule has 528 valence electrons. The smallest absolute Gasteiger partial charge is 0.462 e. The van der Waals surface area contributed by atoms with Crippen LogP contribution in [0.5, 0.6) is 0 Å². The van der Waals surface area contributed by atoms with Gasteiger partial charge in [-0.3, -0.25) is 37.3 Å². The Morgan fingerprint density at radius 2 is 0.539 bits per heavy atom. The maximum Gasteiger partial charge on any atom is 0.472 e. The van der Waals surface area contributed by atoms with E-state index in [1.54, 1.807) is 0 Å². The monoisotopic (exact) mass is 1310 g/mol. The maximum absolute atomic E-state index is 13.0. The first-order chi connectivity index (χ1) is 42.6. The summed E-state index contributed by atoms with van der Waals surface area (Å²) >= 11 is 0. The van der Waals surface area contributed by atoms with E-state index in [1.165, 1.54) is 141 Å². The van der Waals surface area contributed by atoms with Crippen LogP contribution in [0.25, 0.3) is 0 Å². The third-order valence-electron chi connectivity index (χ3n) is 16.4. The molecule has 0 aliphatic heterocycles. The molecule has 0 aromatic heterocycles. The molecule has 0 aliphatic carbocycles. The van der Waals surface area contributed by atoms with E-state index < -0.39 is 97.5 Å². The van der Waals surface area contributed by atoms with Crippen LogP contribution in [0.15, 0.2) is 0 Å². The van der Waals surface area contributed by atoms with Gasteiger partial charge in [-0.05, 0) is 49.4 Å². The summed E-state index contributed by atoms with van der Waals surface area (Å²) < 4.78 is 68.3. The Morgan fingerprint density at radius 3 is 0.798 bits per heavy atom. The SMILES string of the molecule is CCC(C)CCCCCCCCCCC(=O)O[C@H](COC(=O)CCCCCCCCCC(C)C)COP(=O)(O)OCC(O)COP(=O)(O)OC[C@@H](COC(=O)CCCCCCCCCCCCC(C)C)OC(=O)CCCCCCCCCCCCCC(C)C. The number of esters is 4. The van der Waals surface area contributed by atoms with E-state index in [1.807, 2.05) is 0 Å². The lowest BCUT2D eigenvalue weighted by Crippen LogP contribution is -2.30. The Balaban J connectivity index is 5.27. The topological polar surface area (TPSA) is 237 Å². The predicted octanol–water partition coefficient (Wildman–Crippen LogP) is 19.7. The van der Waals surface area contributed by atoms with Crippen LogP contribution in [-0.4, -0.2) is 96.7 Å². The molecule has 89 heavy (non-hydrogen) atoms. The van der Waals surface area contributed by atoms with Gasteiger partial charge in [-0.1, -0.05) is 293 Å². The lowest BCUT2D eigenvalue weighted by molar-refractivity contribution is -0.161. The zero-order chi connectivity index (χ0) is 66.1. The van der Waals surface area contributed by atoms with Crippen LogP contribution in [-0.2, 0) is 65.4 Å². The van der Waals surface area contributed by atoms with E-state index in [0.717, 1.165) is 114 Å². The van der Waals surface area contributed by atoms with Gasteiger partial charge in [-0.25, -0.2) is 9.13 Å². The van der Waals surface area contributed by atoms with Crippen LogP contribution in [0, 0.1) is 23.7 Å². The summed E-state index contributed by atoms with van der Waals surface area (Å²) in [4.78, 5) is 72.5. The molecule has 0 fully saturated rings. The fraction of sp³-hybridized carbons (Fsp3) is 0.943. The maximum atomic E-state index is 13.0. The van der Waals surface area contributed by atoms with E-state index >= 15 is 0 Å². The van der Waals surface area contributed by atoms with E-state index in [4.69, 9.17) is 37.0 Å². The lowest BCUT2D eigenvalue weighted by Gasteiger charge is -2.21. The van der Waals surface area contributed by atoms with Gasteiger partial charge in [-0.15, -0.1) is 0 Å². The summed E-state index contributed by atoms with van der Waals surface area (Å²) in [7, 11) is -9.90. The van der Waals surface area contributed by atoms with Crippen LogP contribution in [0.4, 0.5) is 0 Å². The standard InChI is InChI=1S/C70H136O17P2/c1-9-63(8)49-41-33-25-19-20-28-37-45-53-70(75)87-66(57-81-68(73)51-43-35-29-21-24-32-40-48-62(6)7)59-85-89(78,79)83-55-64(71)54-82-88(76,77)84-58-65(56-80-67(72)50-42-34-26-17-14-13-16-23-31-39-47-61(4)5)86-69(74)52-44-36-27-18-12-10-11-15-22-30-38-46-60(2)3/h60-66,71H,9-59H2,1-8H3,(H,76,77)(H,78,79)/t63?,64?,65-,66-/m1/s1. The number of rotatable bonds is 67. The zero-order valence-electron chi connectivity index (χ0n) is 58.1. The van der Waals surface area contributed by atoms with Gasteiger partial charge in [0.25, 0.3) is 0 Å². The van der Waals surface area contributed by atoms with Gasteiger partial charge < -0.3 is 33.8 Å². The second kappa shape index (κ2) is 59.8. The largest absolute Gasteiger partial charge is 0.472 e. The van der Waals surface area contributed by atoms with Gasteiger partial charge in [0.15, 0.2) is 12.2 Å². The highest BCUT2D eigenvalue weighted by atomic mass is 31.2. The van der Waals surface area contributed by atoms with Crippen molar-refractivity contribution in [3.05, 3.63) is 0 Å². The normalized spacial score (nSPS) is 14.6. The molecule has 4 unspecified atom stereocenters. The molecule has 19 heteroatoms. The first-order valence-corrected chi connectivity index (χ1v) is 39.2. The second-order valence-corrected chi connectivity index (χ2v) is 29.8. The molecule has 0 amide bonds. The van der Waals surface area contributed by atoms with Crippen LogP contribution >= 0.6 is 15.6 Å². The summed E-state index contributed by atoms with van der Waals surface area (Å²) in [5.74, 6) is 0.868. The molecular weight excluding hydrogens is 1170 g/mol. The Bertz CT molecular complexity index is 1770. The average Bonchev–Trinajstić information content (AvgIpc) is 3.55. The molecular formula is C70H136O17P2. The second-order valence-electron chi connectivity index (χ2n) is 26.9. The van der Waals surface area contributed by atoms with Crippen molar-refractivity contribution < 1.29 is 80.2 Å². The zero-order valence-corrected chi connectivity index (χ0v) is 59.8. The third-order valence-corrected chi connectivity index (χ3v) is 18.3. The summed E-state index contributed by atoms with van der Waals surface area (Å²) in [6.45, 7) is 14.1. The Morgan fingerprint density at radius 1 is 0.315 bits per heavy atom. The predicted molar refractivity (Wildman–Crippen MR) is 358 cm³/mol. The quantitative estimate of drug-likeness (QED) is 0.0222. The van der Waals surface area contributed by atoms with Crippen molar-refractivity contribution in [2.24, 2.45) is 23.7 Å². The summed E-state index contributed by atoms with van der Waals surface area (Å²) in [6, 6.07) is 0. The fourth-order valence-corrected chi connectivity index (χ4v) is 12.0. The number of carbonyl (C=O) groups is 4. The Hall–Kier alpha value is -1.94. The Labute approximate surface area is 543 Å². The molecule has 17 nitrogen and oxygen atoms in total. The van der Waals surface area contributed by atoms with E-state index in [-0.39, 0.29) is 25.7 Å². The van der Waals surface area contributed by atoms with Crippen LogP contribution in [0.1, 0.15) is 344 Å². The van der Waals surface area contributed by atoms with Gasteiger partial charge in [0.05, 0.1) is 26.4 Å². The number of carbonyl (C=O) groups excluding carboxylic acids is 4. The highest BCUT2D eigenvalue weighted by Crippen LogP contribution is 2.45. The first-order valence-electron chi connectivity index (χ1n) is 36.2. The van der Waals surface area contributed by atoms with Crippen LogP contribution in [0.3, 0.4) is 0 Å². The number of hydrogen-bond donors (Lipinski definition) is 3. The van der Waals surface area contributed by atoms with Crippen molar-refractivity contribution in [1.29, 1.82) is 0 Å². The van der Waals surface area contributed by atoms with E-state index in [2.05, 4.69) is 55.4 Å². The third kappa shape index (κ3) is 63.2. The van der Waals surface area contributed by atoms with Gasteiger partial charge in [-0.2, -0.15) is 0 Å². The van der Waals surface area contributed by atoms with Gasteiger partial charge in [0, 0.05) is 25.7 Å². The fourth-order valence-electron chi connectivity index (χ4n) is 10.5. The molecule has 0 saturated carbocycles. The molecule has 0 aromatic rings. The van der Waals surface area contributed by atoms with Crippen molar-refractivity contribution in [2.75, 3.05) is 39.6 Å². The number of phosphoric ester groups is 2. The number of aliphatic hydroxyl groups is 1. The molecule has 0 aliphatic rings. The molecule has 0 spiro atoms. The summed E-state index contributed by atoms with van der Waals surface area (Å²) in [5.41, 5.74) is 0. The van der Waals surface area contributed by atoms with E-state index in [9.17, 15) is 43.2 Å². The Kier molecular flexibility index (Phi) is 58.5. The number of ether oxygens (including phenoxy) is 4. The molecule has 0 radical (unpaired) electrons. The molecule has 0 bridgehead atoms. The van der Waals surface area contributed by atoms with Gasteiger partial charge >= 0.3 is 39.5 Å². The number of phosphoric acid groups is 2. The van der Waals surface area contributed by atoms with Crippen molar-refractivity contribution >= 4 is 39.5 Å². The van der Waals surface area contributed by atoms with Crippen LogP contribution < -0.4 is 0 Å². The van der Waals surface area contributed by atoms with Gasteiger partial charge in [0.2, 0.25) is 0 Å². The minimum Gasteiger partial charge on any atom is -0.462 e. The van der Waals surface area contributed by atoms with E-state index in [0.29, 0.717) is 31.6 Å². The van der Waals surface area contributed by atoms with Crippen molar-refractivity contribution in [1.82, 2.24) is 0 Å². The first kappa shape index (κ1) is 87.1. The van der Waals surface area contributed by atoms with Crippen molar-refractivity contribution in [2.45, 2.75) is 363 Å². The van der Waals surface area contributed by atoms with Crippen molar-refractivity contribution in [3.8, 4) is 0 Å². The molecule has 6 atom stereocenters. The molecule has 0 rings (SSSR count). The molecule has 0 heterocycles. The minimum atomic E-state index is -4.95. The number of aliphatic hydroxyl groups excluding tert-OH is 1. The summed E-state index contributed by atoms with van der Waals surface area (Å²) in [5, 5.41) is 10.6. The summed E-state index contributed by atoms with van der Waals surface area (Å²) in [6.07, 6.45) is 41.7. The number of hydrogen-bond acceptors (Lipinski definition) is 15. The molecule has 0 aromatic carbocycles. The van der Waals surface area contributed by atoms with Gasteiger partial charge in [0.1, 0.15) is 19.3 Å². The highest BCUT2D eigenvalue weighted by molar-refractivity contribution is 7.47. The number of unbranched alkanes of at least 4 members (excludes halogenated alkanes) is 32. The molecule has 3 N–H and O–H groups in total. The molecule has 0 saturated heterocycles. The average molecular weight is 1310 g/mol. The minimum absolute atomic E-state index is 0.104. The van der Waals surface area contributed by atoms with Crippen molar-refractivity contribution in [3.63, 3.8) is 0 Å². The highest BCUT2D eigenvalue weighted by Gasteiger charge is 2.30.